The third-order valence-corrected chi connectivity index (χ3v) is 2.68. The van der Waals surface area contributed by atoms with Crippen molar-refractivity contribution in [1.29, 1.82) is 0 Å². The third-order valence-electron chi connectivity index (χ3n) is 2.68. The van der Waals surface area contributed by atoms with Gasteiger partial charge in [0.05, 0.1) is 4.92 Å². The second-order valence-corrected chi connectivity index (χ2v) is 3.99. The Morgan fingerprint density at radius 3 is 2.50 bits per heavy atom. The highest BCUT2D eigenvalue weighted by molar-refractivity contribution is 5.39. The first-order chi connectivity index (χ1) is 8.13. The van der Waals surface area contributed by atoms with Crippen molar-refractivity contribution in [3.63, 3.8) is 0 Å². The maximum absolute atomic E-state index is 13.5. The zero-order valence-electron chi connectivity index (χ0n) is 9.36. The summed E-state index contributed by atoms with van der Waals surface area (Å²) in [6, 6.07) is 2.16. The van der Waals surface area contributed by atoms with Crippen molar-refractivity contribution in [3.05, 3.63) is 39.7 Å². The highest BCUT2D eigenvalue weighted by Gasteiger charge is 2.49. The van der Waals surface area contributed by atoms with Crippen LogP contribution in [0.5, 0.6) is 0 Å². The Bertz CT molecular complexity index is 477. The summed E-state index contributed by atoms with van der Waals surface area (Å²) in [4.78, 5) is 9.66. The Kier molecular flexibility index (Phi) is 3.63. The normalized spacial score (nSPS) is 15.2. The van der Waals surface area contributed by atoms with Crippen molar-refractivity contribution in [1.82, 2.24) is 0 Å². The van der Waals surface area contributed by atoms with Crippen LogP contribution in [0.2, 0.25) is 0 Å². The largest absolute Gasteiger partial charge is 0.390 e. The molecule has 5 nitrogen and oxygen atoms in total. The fraction of sp³-hybridized carbons (Fsp3) is 0.400. The summed E-state index contributed by atoms with van der Waals surface area (Å²) in [5.74, 6) is -4.91. The zero-order chi connectivity index (χ0) is 14.1. The van der Waals surface area contributed by atoms with Crippen LogP contribution in [-0.4, -0.2) is 22.6 Å². The van der Waals surface area contributed by atoms with E-state index in [9.17, 15) is 23.3 Å². The predicted octanol–water partition coefficient (Wildman–Crippen LogP) is 1.54. The summed E-state index contributed by atoms with van der Waals surface area (Å²) in [7, 11) is 0. The molecule has 1 aromatic rings. The van der Waals surface area contributed by atoms with E-state index in [-0.39, 0.29) is 0 Å². The van der Waals surface area contributed by atoms with E-state index in [0.717, 1.165) is 13.0 Å². The van der Waals surface area contributed by atoms with Gasteiger partial charge in [0.2, 0.25) is 0 Å². The van der Waals surface area contributed by atoms with Crippen molar-refractivity contribution in [2.75, 3.05) is 6.61 Å². The van der Waals surface area contributed by atoms with E-state index < -0.39 is 40.1 Å². The molecule has 8 heteroatoms. The Morgan fingerprint density at radius 1 is 1.50 bits per heavy atom. The molecule has 100 valence electrons. The van der Waals surface area contributed by atoms with E-state index in [2.05, 4.69) is 0 Å². The summed E-state index contributed by atoms with van der Waals surface area (Å²) in [5, 5.41) is 19.1. The number of nitrogens with two attached hydrogens (primary N) is 1. The van der Waals surface area contributed by atoms with Crippen LogP contribution in [0, 0.1) is 15.9 Å². The second kappa shape index (κ2) is 4.54. The Balaban J connectivity index is 3.40. The first-order valence-corrected chi connectivity index (χ1v) is 4.85. The van der Waals surface area contributed by atoms with Crippen LogP contribution in [0.25, 0.3) is 0 Å². The van der Waals surface area contributed by atoms with Crippen molar-refractivity contribution in [2.24, 2.45) is 5.73 Å². The molecule has 0 bridgehead atoms. The number of hydrogen-bond acceptors (Lipinski definition) is 4. The molecule has 0 amide bonds. The monoisotopic (exact) mass is 264 g/mol. The minimum atomic E-state index is -3.82. The highest BCUT2D eigenvalue weighted by Crippen LogP contribution is 2.37. The van der Waals surface area contributed by atoms with E-state index in [4.69, 9.17) is 10.8 Å². The molecule has 1 aromatic carbocycles. The molecule has 0 radical (unpaired) electrons. The van der Waals surface area contributed by atoms with Crippen LogP contribution in [-0.2, 0) is 5.54 Å². The first kappa shape index (κ1) is 14.4. The number of nitrogens with zero attached hydrogens (tertiary/aromatic N) is 1. The van der Waals surface area contributed by atoms with Gasteiger partial charge in [-0.1, -0.05) is 0 Å². The molecule has 0 fully saturated rings. The van der Waals surface area contributed by atoms with Crippen molar-refractivity contribution < 1.29 is 23.2 Å². The summed E-state index contributed by atoms with van der Waals surface area (Å²) in [6.45, 7) is -0.798. The Hall–Kier alpha value is -1.67. The minimum Gasteiger partial charge on any atom is -0.390 e. The number of halogens is 3. The lowest BCUT2D eigenvalue weighted by Gasteiger charge is -2.32. The molecular weight excluding hydrogens is 253 g/mol. The lowest BCUT2D eigenvalue weighted by atomic mass is 9.86. The van der Waals surface area contributed by atoms with E-state index >= 15 is 0 Å². The Labute approximate surface area is 100 Å². The maximum atomic E-state index is 13.5. The maximum Gasteiger partial charge on any atom is 0.292 e. The molecule has 0 unspecified atom stereocenters. The molecule has 0 aromatic heterocycles. The fourth-order valence-corrected chi connectivity index (χ4v) is 1.39. The predicted molar refractivity (Wildman–Crippen MR) is 56.6 cm³/mol. The molecule has 1 atom stereocenters. The molecule has 0 heterocycles. The fourth-order valence-electron chi connectivity index (χ4n) is 1.39. The van der Waals surface area contributed by atoms with Gasteiger partial charge in [-0.3, -0.25) is 10.1 Å². The van der Waals surface area contributed by atoms with Gasteiger partial charge < -0.3 is 10.8 Å². The van der Waals surface area contributed by atoms with Gasteiger partial charge in [0, 0.05) is 17.7 Å². The SMILES string of the molecule is C[C@@](N)(c1cc([N+](=O)[O-])ccc1F)C(F)(F)CO. The number of alkyl halides is 2. The molecule has 0 spiro atoms. The van der Waals surface area contributed by atoms with Gasteiger partial charge in [-0.15, -0.1) is 0 Å². The number of nitro benzene ring substituents is 1. The molecule has 0 saturated carbocycles. The van der Waals surface area contributed by atoms with E-state index in [0.29, 0.717) is 12.1 Å². The summed E-state index contributed by atoms with van der Waals surface area (Å²) in [6.07, 6.45) is 0. The minimum absolute atomic E-state index is 0.559. The molecular formula is C10H11F3N2O3. The van der Waals surface area contributed by atoms with Crippen molar-refractivity contribution in [2.45, 2.75) is 18.4 Å². The van der Waals surface area contributed by atoms with Crippen LogP contribution < -0.4 is 5.73 Å². The second-order valence-electron chi connectivity index (χ2n) is 3.99. The Morgan fingerprint density at radius 2 is 2.06 bits per heavy atom. The van der Waals surface area contributed by atoms with Gasteiger partial charge in [0.15, 0.2) is 0 Å². The molecule has 0 aliphatic rings. The van der Waals surface area contributed by atoms with E-state index in [1.54, 1.807) is 0 Å². The average Bonchev–Trinajstić information content (AvgIpc) is 2.28. The van der Waals surface area contributed by atoms with Crippen LogP contribution in [0.1, 0.15) is 12.5 Å². The van der Waals surface area contributed by atoms with Crippen molar-refractivity contribution >= 4 is 5.69 Å². The van der Waals surface area contributed by atoms with Crippen LogP contribution in [0.4, 0.5) is 18.9 Å². The lowest BCUT2D eigenvalue weighted by molar-refractivity contribution is -0.385. The topological polar surface area (TPSA) is 89.4 Å². The van der Waals surface area contributed by atoms with Crippen molar-refractivity contribution in [3.8, 4) is 0 Å². The highest BCUT2D eigenvalue weighted by atomic mass is 19.3. The summed E-state index contributed by atoms with van der Waals surface area (Å²) >= 11 is 0. The number of benzene rings is 1. The van der Waals surface area contributed by atoms with Gasteiger partial charge in [0.25, 0.3) is 11.6 Å². The van der Waals surface area contributed by atoms with Gasteiger partial charge >= 0.3 is 0 Å². The number of aliphatic hydroxyl groups excluding tert-OH is 1. The molecule has 0 aliphatic heterocycles. The standard InChI is InChI=1S/C10H11F3N2O3/c1-9(14,10(12,13)5-16)7-4-6(15(17)18)2-3-8(7)11/h2-4,16H,5,14H2,1H3/t9-/m1/s1. The van der Waals surface area contributed by atoms with Gasteiger partial charge in [-0.2, -0.15) is 0 Å². The van der Waals surface area contributed by atoms with Crippen LogP contribution in [0.3, 0.4) is 0 Å². The molecule has 3 N–H and O–H groups in total. The first-order valence-electron chi connectivity index (χ1n) is 4.85. The molecule has 1 rings (SSSR count). The number of rotatable bonds is 4. The summed E-state index contributed by atoms with van der Waals surface area (Å²) < 4.78 is 40.3. The zero-order valence-corrected chi connectivity index (χ0v) is 9.36. The third kappa shape index (κ3) is 2.29. The number of aliphatic hydroxyl groups is 1. The lowest BCUT2D eigenvalue weighted by Crippen LogP contribution is -2.53. The number of hydrogen-bond donors (Lipinski definition) is 2. The van der Waals surface area contributed by atoms with Crippen LogP contribution in [0.15, 0.2) is 18.2 Å². The van der Waals surface area contributed by atoms with Gasteiger partial charge in [-0.05, 0) is 13.0 Å². The molecule has 0 saturated heterocycles. The van der Waals surface area contributed by atoms with Crippen LogP contribution >= 0.6 is 0 Å². The number of nitro groups is 1. The smallest absolute Gasteiger partial charge is 0.292 e. The van der Waals surface area contributed by atoms with E-state index in [1.165, 1.54) is 0 Å². The quantitative estimate of drug-likeness (QED) is 0.637. The van der Waals surface area contributed by atoms with Gasteiger partial charge in [0.1, 0.15) is 18.0 Å². The van der Waals surface area contributed by atoms with Gasteiger partial charge in [-0.25, -0.2) is 13.2 Å². The summed E-state index contributed by atoms with van der Waals surface area (Å²) in [5.41, 5.74) is 1.48. The van der Waals surface area contributed by atoms with E-state index in [1.807, 2.05) is 0 Å². The molecule has 0 aliphatic carbocycles. The molecule has 18 heavy (non-hydrogen) atoms. The number of non-ortho nitro benzene ring substituents is 1. The average molecular weight is 264 g/mol.